The van der Waals surface area contributed by atoms with E-state index < -0.39 is 0 Å². The van der Waals surface area contributed by atoms with Gasteiger partial charge in [0.15, 0.2) is 0 Å². The summed E-state index contributed by atoms with van der Waals surface area (Å²) in [4.78, 5) is 4.08. The van der Waals surface area contributed by atoms with Crippen LogP contribution in [0.15, 0.2) is 18.3 Å². The molecule has 16 heavy (non-hydrogen) atoms. The molecule has 1 rings (SSSR count). The van der Waals surface area contributed by atoms with Gasteiger partial charge in [-0.1, -0.05) is 38.4 Å². The largest absolute Gasteiger partial charge is 0.310 e. The van der Waals surface area contributed by atoms with Crippen LogP contribution in [0, 0.1) is 5.41 Å². The second-order valence-electron chi connectivity index (χ2n) is 5.37. The van der Waals surface area contributed by atoms with Gasteiger partial charge in [-0.05, 0) is 31.4 Å². The lowest BCUT2D eigenvalue weighted by atomic mass is 9.92. The highest BCUT2D eigenvalue weighted by atomic mass is 35.5. The van der Waals surface area contributed by atoms with E-state index in [4.69, 9.17) is 11.6 Å². The molecule has 1 heterocycles. The molecule has 90 valence electrons. The minimum Gasteiger partial charge on any atom is -0.310 e. The van der Waals surface area contributed by atoms with E-state index in [-0.39, 0.29) is 6.04 Å². The number of nitrogens with zero attached hydrogens (tertiary/aromatic N) is 1. The molecule has 1 unspecified atom stereocenters. The van der Waals surface area contributed by atoms with Gasteiger partial charge in [-0.25, -0.2) is 4.98 Å². The second kappa shape index (κ2) is 5.65. The Bertz CT molecular complexity index is 331. The first-order valence-corrected chi connectivity index (χ1v) is 6.12. The molecule has 2 nitrogen and oxygen atoms in total. The van der Waals surface area contributed by atoms with Crippen molar-refractivity contribution in [1.29, 1.82) is 0 Å². The van der Waals surface area contributed by atoms with Gasteiger partial charge in [-0.2, -0.15) is 0 Å². The van der Waals surface area contributed by atoms with E-state index in [1.165, 1.54) is 0 Å². The Hall–Kier alpha value is -0.600. The molecule has 0 spiro atoms. The van der Waals surface area contributed by atoms with Gasteiger partial charge in [-0.3, -0.25) is 0 Å². The zero-order valence-corrected chi connectivity index (χ0v) is 11.3. The highest BCUT2D eigenvalue weighted by Crippen LogP contribution is 2.21. The van der Waals surface area contributed by atoms with E-state index in [2.05, 4.69) is 38.0 Å². The molecule has 1 aromatic rings. The lowest BCUT2D eigenvalue weighted by molar-refractivity contribution is 0.358. The van der Waals surface area contributed by atoms with Crippen LogP contribution < -0.4 is 5.32 Å². The van der Waals surface area contributed by atoms with Gasteiger partial charge in [0.05, 0.1) is 0 Å². The minimum atomic E-state index is 0.253. The average molecular weight is 241 g/mol. The Morgan fingerprint density at radius 3 is 2.69 bits per heavy atom. The molecule has 3 heteroatoms. The van der Waals surface area contributed by atoms with Crippen molar-refractivity contribution >= 4 is 11.6 Å². The van der Waals surface area contributed by atoms with Crippen LogP contribution in [0.2, 0.25) is 5.15 Å². The Balaban J connectivity index is 2.47. The van der Waals surface area contributed by atoms with E-state index in [9.17, 15) is 0 Å². The SMILES string of the molecule is CC(NCCC(C)(C)C)c1cccnc1Cl. The fourth-order valence-electron chi connectivity index (χ4n) is 1.50. The molecule has 1 atom stereocenters. The van der Waals surface area contributed by atoms with Crippen molar-refractivity contribution in [3.8, 4) is 0 Å². The number of hydrogen-bond donors (Lipinski definition) is 1. The van der Waals surface area contributed by atoms with E-state index in [0.29, 0.717) is 10.6 Å². The predicted molar refractivity (Wildman–Crippen MR) is 69.7 cm³/mol. The van der Waals surface area contributed by atoms with Crippen LogP contribution in [0.4, 0.5) is 0 Å². The van der Waals surface area contributed by atoms with Gasteiger partial charge >= 0.3 is 0 Å². The first-order chi connectivity index (χ1) is 7.40. The molecule has 0 saturated carbocycles. The molecule has 0 aliphatic rings. The number of pyridine rings is 1. The number of halogens is 1. The van der Waals surface area contributed by atoms with Gasteiger partial charge in [0.2, 0.25) is 0 Å². The molecule has 0 aromatic carbocycles. The maximum absolute atomic E-state index is 6.04. The van der Waals surface area contributed by atoms with E-state index in [1.54, 1.807) is 6.20 Å². The molecule has 0 saturated heterocycles. The van der Waals surface area contributed by atoms with Gasteiger partial charge in [0.1, 0.15) is 5.15 Å². The molecular formula is C13H21ClN2. The third-order valence-electron chi connectivity index (χ3n) is 2.58. The molecule has 0 amide bonds. The van der Waals surface area contributed by atoms with Crippen LogP contribution in [0.5, 0.6) is 0 Å². The Kier molecular flexibility index (Phi) is 4.75. The van der Waals surface area contributed by atoms with Crippen molar-refractivity contribution in [3.05, 3.63) is 29.0 Å². The molecule has 0 aliphatic heterocycles. The number of aromatic nitrogens is 1. The van der Waals surface area contributed by atoms with Crippen molar-refractivity contribution in [3.63, 3.8) is 0 Å². The molecule has 0 aliphatic carbocycles. The first-order valence-electron chi connectivity index (χ1n) is 5.74. The van der Waals surface area contributed by atoms with E-state index in [0.717, 1.165) is 18.5 Å². The van der Waals surface area contributed by atoms with Crippen molar-refractivity contribution in [2.75, 3.05) is 6.54 Å². The normalized spacial score (nSPS) is 13.8. The number of hydrogen-bond acceptors (Lipinski definition) is 2. The lowest BCUT2D eigenvalue weighted by Gasteiger charge is -2.21. The van der Waals surface area contributed by atoms with Crippen molar-refractivity contribution in [2.45, 2.75) is 40.2 Å². The van der Waals surface area contributed by atoms with Gasteiger partial charge in [0, 0.05) is 17.8 Å². The molecule has 0 bridgehead atoms. The van der Waals surface area contributed by atoms with Crippen LogP contribution in [0.25, 0.3) is 0 Å². The average Bonchev–Trinajstić information content (AvgIpc) is 2.16. The minimum absolute atomic E-state index is 0.253. The number of nitrogens with one attached hydrogen (secondary N) is 1. The maximum atomic E-state index is 6.04. The summed E-state index contributed by atoms with van der Waals surface area (Å²) in [5, 5.41) is 4.07. The summed E-state index contributed by atoms with van der Waals surface area (Å²) in [6.07, 6.45) is 2.86. The summed E-state index contributed by atoms with van der Waals surface area (Å²) >= 11 is 6.04. The second-order valence-corrected chi connectivity index (χ2v) is 5.73. The van der Waals surface area contributed by atoms with E-state index >= 15 is 0 Å². The molecule has 1 aromatic heterocycles. The summed E-state index contributed by atoms with van der Waals surface area (Å²) in [7, 11) is 0. The highest BCUT2D eigenvalue weighted by Gasteiger charge is 2.12. The summed E-state index contributed by atoms with van der Waals surface area (Å²) in [5.41, 5.74) is 1.43. The monoisotopic (exact) mass is 240 g/mol. The maximum Gasteiger partial charge on any atom is 0.133 e. The molecular weight excluding hydrogens is 220 g/mol. The highest BCUT2D eigenvalue weighted by molar-refractivity contribution is 6.30. The predicted octanol–water partition coefficient (Wildman–Crippen LogP) is 3.82. The third kappa shape index (κ3) is 4.50. The quantitative estimate of drug-likeness (QED) is 0.810. The summed E-state index contributed by atoms with van der Waals surface area (Å²) < 4.78 is 0. The van der Waals surface area contributed by atoms with Gasteiger partial charge in [0.25, 0.3) is 0 Å². The lowest BCUT2D eigenvalue weighted by Crippen LogP contribution is -2.23. The third-order valence-corrected chi connectivity index (χ3v) is 2.90. The molecule has 1 N–H and O–H groups in total. The van der Waals surface area contributed by atoms with Crippen LogP contribution in [-0.2, 0) is 0 Å². The summed E-state index contributed by atoms with van der Waals surface area (Å²) in [6, 6.07) is 4.19. The standard InChI is InChI=1S/C13H21ClN2/c1-10(15-9-7-13(2,3)4)11-6-5-8-16-12(11)14/h5-6,8,10,15H,7,9H2,1-4H3. The topological polar surface area (TPSA) is 24.9 Å². The van der Waals surface area contributed by atoms with Crippen molar-refractivity contribution < 1.29 is 0 Å². The van der Waals surface area contributed by atoms with Crippen LogP contribution in [-0.4, -0.2) is 11.5 Å². The fourth-order valence-corrected chi connectivity index (χ4v) is 1.78. The van der Waals surface area contributed by atoms with Gasteiger partial charge < -0.3 is 5.32 Å². The number of rotatable bonds is 4. The summed E-state index contributed by atoms with van der Waals surface area (Å²) in [5.74, 6) is 0. The Morgan fingerprint density at radius 2 is 2.12 bits per heavy atom. The molecule has 0 fully saturated rings. The van der Waals surface area contributed by atoms with E-state index in [1.807, 2.05) is 12.1 Å². The van der Waals surface area contributed by atoms with Crippen molar-refractivity contribution in [1.82, 2.24) is 10.3 Å². The Morgan fingerprint density at radius 1 is 1.44 bits per heavy atom. The fraction of sp³-hybridized carbons (Fsp3) is 0.615. The zero-order valence-electron chi connectivity index (χ0n) is 10.5. The smallest absolute Gasteiger partial charge is 0.133 e. The van der Waals surface area contributed by atoms with Crippen LogP contribution in [0.1, 0.15) is 45.7 Å². The first kappa shape index (κ1) is 13.5. The van der Waals surface area contributed by atoms with Gasteiger partial charge in [-0.15, -0.1) is 0 Å². The van der Waals surface area contributed by atoms with Crippen LogP contribution in [0.3, 0.4) is 0 Å². The molecule has 0 radical (unpaired) electrons. The Labute approximate surface area is 103 Å². The van der Waals surface area contributed by atoms with Crippen LogP contribution >= 0.6 is 11.6 Å². The van der Waals surface area contributed by atoms with Crippen molar-refractivity contribution in [2.24, 2.45) is 5.41 Å². The zero-order chi connectivity index (χ0) is 12.2. The summed E-state index contributed by atoms with van der Waals surface area (Å²) in [6.45, 7) is 9.85.